The first-order chi connectivity index (χ1) is 6.93. The third kappa shape index (κ3) is 468. The molecule has 0 atom stereocenters. The van der Waals surface area contributed by atoms with Gasteiger partial charge in [0.05, 0.1) is 0 Å². The van der Waals surface area contributed by atoms with Crippen molar-refractivity contribution in [1.29, 1.82) is 0 Å². The third-order valence-corrected chi connectivity index (χ3v) is 0. The fraction of sp³-hybridized carbons (Fsp3) is 0. The maximum atomic E-state index is 8.42. The zero-order valence-corrected chi connectivity index (χ0v) is 16.2. The minimum atomic E-state index is -2.92. The molecule has 20 heteroatoms. The summed E-state index contributed by atoms with van der Waals surface area (Å²) in [5.74, 6) is 0. The van der Waals surface area contributed by atoms with Crippen molar-refractivity contribution in [2.24, 2.45) is 0 Å². The molecule has 0 saturated carbocycles. The van der Waals surface area contributed by atoms with E-state index < -0.39 is 29.3 Å². The molecule has 0 aliphatic carbocycles. The van der Waals surface area contributed by atoms with E-state index in [2.05, 4.69) is 0 Å². The van der Waals surface area contributed by atoms with Crippen LogP contribution in [-0.4, -0.2) is 29.3 Å². The van der Waals surface area contributed by atoms with Gasteiger partial charge in [0.15, 0.2) is 0 Å². The SMILES string of the molecule is [Ho+3].[Ho+3].[Ho+3].[Ho+3].[O-]B([O-])[O-].[O-]B([O-])[O-].[O-]B([O-])[O-].[O-]B([O-])[O-]. The van der Waals surface area contributed by atoms with Crippen molar-refractivity contribution in [3.05, 3.63) is 0 Å². The summed E-state index contributed by atoms with van der Waals surface area (Å²) in [7, 11) is -11.7. The number of hydrogen-bond acceptors (Lipinski definition) is 12. The molecule has 20 heavy (non-hydrogen) atoms. The van der Waals surface area contributed by atoms with Gasteiger partial charge >= 0.3 is 151 Å². The van der Waals surface area contributed by atoms with E-state index in [1.165, 1.54) is 0 Å². The minimum Gasteiger partial charge on any atom is -0.907 e. The fourth-order valence-corrected chi connectivity index (χ4v) is 0. The Hall–Kier alpha value is 4.82. The molecule has 0 aliphatic heterocycles. The molecule has 128 valence electrons. The van der Waals surface area contributed by atoms with Crippen LogP contribution in [-0.2, 0) is 0 Å². The molecule has 0 amide bonds. The van der Waals surface area contributed by atoms with Crippen LogP contribution in [0.3, 0.4) is 0 Å². The molecule has 0 saturated heterocycles. The van der Waals surface area contributed by atoms with Gasteiger partial charge in [0, 0.05) is 0 Å². The van der Waals surface area contributed by atoms with E-state index in [1.54, 1.807) is 0 Å². The Labute approximate surface area is 235 Å². The van der Waals surface area contributed by atoms with Crippen LogP contribution in [0.5, 0.6) is 0 Å². The molecule has 0 radical (unpaired) electrons. The largest absolute Gasteiger partial charge is 3.00 e. The van der Waals surface area contributed by atoms with Crippen LogP contribution >= 0.6 is 0 Å². The van der Waals surface area contributed by atoms with Gasteiger partial charge in [0.1, 0.15) is 0 Å². The number of rotatable bonds is 0. The molecule has 0 aromatic carbocycles. The summed E-state index contributed by atoms with van der Waals surface area (Å²) in [6.45, 7) is 0. The summed E-state index contributed by atoms with van der Waals surface area (Å²) in [4.78, 5) is 0. The standard InChI is InChI=1S/4BO3.4Ho/c4*2-1(3)4;;;;/q4*-3;4*+3. The van der Waals surface area contributed by atoms with Gasteiger partial charge in [-0.2, -0.15) is 0 Å². The predicted octanol–water partition coefficient (Wildman–Crippen LogP) is -15.8. The van der Waals surface area contributed by atoms with Crippen LogP contribution in [0.4, 0.5) is 0 Å². The Morgan fingerprint density at radius 1 is 0.250 bits per heavy atom. The quantitative estimate of drug-likeness (QED) is 0.205. The van der Waals surface area contributed by atoms with Crippen LogP contribution < -0.4 is 60.3 Å². The van der Waals surface area contributed by atoms with Gasteiger partial charge in [0.2, 0.25) is 0 Å². The Morgan fingerprint density at radius 2 is 0.250 bits per heavy atom. The second kappa shape index (κ2) is 43.8. The van der Waals surface area contributed by atoms with Gasteiger partial charge in [-0.3, -0.25) is 29.3 Å². The van der Waals surface area contributed by atoms with Gasteiger partial charge in [-0.1, -0.05) is 0 Å². The Balaban J connectivity index is -0.0000000150. The first kappa shape index (κ1) is 49.8. The summed E-state index contributed by atoms with van der Waals surface area (Å²) in [6.07, 6.45) is 0. The van der Waals surface area contributed by atoms with Crippen molar-refractivity contribution in [2.45, 2.75) is 0 Å². The zero-order chi connectivity index (χ0) is 14.3. The summed E-state index contributed by atoms with van der Waals surface area (Å²) >= 11 is 0. The Bertz CT molecular complexity index is 70.4. The Morgan fingerprint density at radius 3 is 0.250 bits per heavy atom. The van der Waals surface area contributed by atoms with E-state index in [0.717, 1.165) is 0 Å². The molecular weight excluding hydrogens is 895 g/mol. The summed E-state index contributed by atoms with van der Waals surface area (Å²) in [6, 6.07) is 0. The first-order valence-corrected chi connectivity index (χ1v) is 2.83. The van der Waals surface area contributed by atoms with E-state index in [4.69, 9.17) is 60.3 Å². The molecule has 0 spiro atoms. The van der Waals surface area contributed by atoms with Crippen LogP contribution in [0.25, 0.3) is 0 Å². The fourth-order valence-electron chi connectivity index (χ4n) is 0. The Kier molecular flexibility index (Phi) is 109. The van der Waals surface area contributed by atoms with E-state index in [9.17, 15) is 0 Å². The second-order valence-electron chi connectivity index (χ2n) is 1.15. The first-order valence-electron chi connectivity index (χ1n) is 2.83. The minimum absolute atomic E-state index is 0. The maximum absolute atomic E-state index is 8.42. The smallest absolute Gasteiger partial charge is 0.907 e. The van der Waals surface area contributed by atoms with Crippen molar-refractivity contribution in [1.82, 2.24) is 0 Å². The van der Waals surface area contributed by atoms with E-state index in [0.29, 0.717) is 0 Å². The van der Waals surface area contributed by atoms with Crippen molar-refractivity contribution >= 4 is 29.3 Å². The van der Waals surface area contributed by atoms with Crippen molar-refractivity contribution in [3.8, 4) is 0 Å². The predicted molar refractivity (Wildman–Crippen MR) is 23.0 cm³/mol. The summed E-state index contributed by atoms with van der Waals surface area (Å²) in [5, 5.41) is 101. The van der Waals surface area contributed by atoms with Gasteiger partial charge in [0.25, 0.3) is 0 Å². The van der Waals surface area contributed by atoms with Crippen LogP contribution in [0.1, 0.15) is 0 Å². The van der Waals surface area contributed by atoms with Crippen LogP contribution in [0.2, 0.25) is 0 Å². The molecule has 0 N–H and O–H groups in total. The van der Waals surface area contributed by atoms with Gasteiger partial charge in [-0.15, -0.1) is 0 Å². The van der Waals surface area contributed by atoms with Crippen LogP contribution in [0.15, 0.2) is 0 Å². The molecule has 0 unspecified atom stereocenters. The topological polar surface area (TPSA) is 277 Å². The van der Waals surface area contributed by atoms with Gasteiger partial charge < -0.3 is 60.3 Å². The normalized spacial score (nSPS) is 5.40. The molecule has 0 bridgehead atoms. The zero-order valence-electron chi connectivity index (χ0n) is 8.41. The average Bonchev–Trinajstić information content (AvgIpc) is 1.76. The molecule has 0 heterocycles. The van der Waals surface area contributed by atoms with Crippen LogP contribution in [0, 0.1) is 151 Å². The summed E-state index contributed by atoms with van der Waals surface area (Å²) in [5.41, 5.74) is 0. The van der Waals surface area contributed by atoms with E-state index >= 15 is 0 Å². The van der Waals surface area contributed by atoms with Crippen molar-refractivity contribution in [2.75, 3.05) is 0 Å². The number of hydrogen-bond donors (Lipinski definition) is 0. The van der Waals surface area contributed by atoms with Gasteiger partial charge in [-0.25, -0.2) is 0 Å². The molecule has 0 aromatic rings. The molecule has 0 aromatic heterocycles. The van der Waals surface area contributed by atoms with Crippen molar-refractivity contribution < 1.29 is 211 Å². The molecule has 0 fully saturated rings. The molecule has 0 aliphatic rings. The van der Waals surface area contributed by atoms with E-state index in [-0.39, 0.29) is 151 Å². The maximum Gasteiger partial charge on any atom is 3.00 e. The molecule has 12 nitrogen and oxygen atoms in total. The van der Waals surface area contributed by atoms with Crippen molar-refractivity contribution in [3.63, 3.8) is 0 Å². The third-order valence-electron chi connectivity index (χ3n) is 0. The molecule has 0 rings (SSSR count). The van der Waals surface area contributed by atoms with Gasteiger partial charge in [-0.05, 0) is 0 Å². The second-order valence-corrected chi connectivity index (χ2v) is 1.15. The monoisotopic (exact) mass is 896 g/mol. The van der Waals surface area contributed by atoms with E-state index in [1.807, 2.05) is 0 Å². The molecular formula is B4Ho4O12. The summed E-state index contributed by atoms with van der Waals surface area (Å²) < 4.78 is 0. The average molecular weight is 895 g/mol.